The highest BCUT2D eigenvalue weighted by Crippen LogP contribution is 2.26. The molecule has 0 unspecified atom stereocenters. The number of hydrogen-bond acceptors (Lipinski definition) is 6. The minimum atomic E-state index is -0.492. The highest BCUT2D eigenvalue weighted by molar-refractivity contribution is 5.83. The molecule has 0 bridgehead atoms. The quantitative estimate of drug-likeness (QED) is 0.577. The van der Waals surface area contributed by atoms with Crippen LogP contribution in [0.2, 0.25) is 0 Å². The maximum absolute atomic E-state index is 14.9. The number of aryl methyl sites for hydroxylation is 1. The SMILES string of the molecule is CCn1cc(-c2nc3ccccc3o2)c(=O)c2cc(F)c(N3CCNCC3)nc21. The van der Waals surface area contributed by atoms with Gasteiger partial charge in [0.05, 0.1) is 5.39 Å². The Morgan fingerprint density at radius 1 is 1.21 bits per heavy atom. The second kappa shape index (κ2) is 6.97. The van der Waals surface area contributed by atoms with Crippen molar-refractivity contribution in [2.45, 2.75) is 13.5 Å². The van der Waals surface area contributed by atoms with Crippen LogP contribution >= 0.6 is 0 Å². The minimum absolute atomic E-state index is 0.225. The van der Waals surface area contributed by atoms with E-state index in [0.717, 1.165) is 13.1 Å². The lowest BCUT2D eigenvalue weighted by atomic mass is 10.1. The molecule has 8 heteroatoms. The van der Waals surface area contributed by atoms with E-state index in [2.05, 4.69) is 15.3 Å². The van der Waals surface area contributed by atoms with Gasteiger partial charge >= 0.3 is 0 Å². The van der Waals surface area contributed by atoms with Crippen molar-refractivity contribution in [2.24, 2.45) is 0 Å². The average Bonchev–Trinajstić information content (AvgIpc) is 3.18. The van der Waals surface area contributed by atoms with E-state index in [0.29, 0.717) is 41.9 Å². The summed E-state index contributed by atoms with van der Waals surface area (Å²) < 4.78 is 22.5. The highest BCUT2D eigenvalue weighted by Gasteiger charge is 2.21. The van der Waals surface area contributed by atoms with Crippen LogP contribution in [-0.4, -0.2) is 40.7 Å². The number of fused-ring (bicyclic) bond motifs is 2. The van der Waals surface area contributed by atoms with Gasteiger partial charge in [0.1, 0.15) is 16.7 Å². The Morgan fingerprint density at radius 3 is 2.76 bits per heavy atom. The number of benzene rings is 1. The fourth-order valence-corrected chi connectivity index (χ4v) is 3.76. The molecule has 7 nitrogen and oxygen atoms in total. The molecule has 1 aromatic carbocycles. The zero-order valence-electron chi connectivity index (χ0n) is 16.0. The maximum Gasteiger partial charge on any atom is 0.232 e. The van der Waals surface area contributed by atoms with Crippen LogP contribution < -0.4 is 15.6 Å². The first-order chi connectivity index (χ1) is 14.2. The summed E-state index contributed by atoms with van der Waals surface area (Å²) in [6.45, 7) is 5.42. The van der Waals surface area contributed by atoms with Gasteiger partial charge in [-0.1, -0.05) is 12.1 Å². The Hall–Kier alpha value is -3.26. The summed E-state index contributed by atoms with van der Waals surface area (Å²) in [5.74, 6) is 0.0240. The molecule has 148 valence electrons. The second-order valence-electron chi connectivity index (χ2n) is 7.05. The van der Waals surface area contributed by atoms with Crippen molar-refractivity contribution in [1.29, 1.82) is 0 Å². The molecule has 1 aliphatic heterocycles. The first-order valence-electron chi connectivity index (χ1n) is 9.71. The van der Waals surface area contributed by atoms with E-state index < -0.39 is 5.82 Å². The van der Waals surface area contributed by atoms with Gasteiger partial charge < -0.3 is 19.2 Å². The first-order valence-corrected chi connectivity index (χ1v) is 9.71. The van der Waals surface area contributed by atoms with Crippen LogP contribution in [-0.2, 0) is 6.54 Å². The number of pyridine rings is 2. The van der Waals surface area contributed by atoms with Crippen molar-refractivity contribution in [1.82, 2.24) is 19.9 Å². The van der Waals surface area contributed by atoms with Crippen LogP contribution in [0.4, 0.5) is 10.2 Å². The molecular formula is C21H20FN5O2. The standard InChI is InChI=1S/C21H20FN5O2/c1-2-26-12-14(21-24-16-5-3-4-6-17(16)29-21)18(28)13-11-15(22)20(25-19(13)26)27-9-7-23-8-10-27/h3-6,11-12,23H,2,7-10H2,1H3. The summed E-state index contributed by atoms with van der Waals surface area (Å²) in [5.41, 5.74) is 1.69. The summed E-state index contributed by atoms with van der Waals surface area (Å²) in [5, 5.41) is 3.47. The number of halogens is 1. The number of aromatic nitrogens is 3. The largest absolute Gasteiger partial charge is 0.436 e. The van der Waals surface area contributed by atoms with Gasteiger partial charge in [0.2, 0.25) is 11.3 Å². The molecule has 1 aliphatic rings. The Labute approximate surface area is 165 Å². The van der Waals surface area contributed by atoms with Crippen LogP contribution in [0.25, 0.3) is 33.6 Å². The highest BCUT2D eigenvalue weighted by atomic mass is 19.1. The molecule has 0 spiro atoms. The molecule has 0 saturated carbocycles. The predicted octanol–water partition coefficient (Wildman–Crippen LogP) is 2.77. The number of piperazine rings is 1. The average molecular weight is 393 g/mol. The van der Waals surface area contributed by atoms with E-state index in [1.165, 1.54) is 6.07 Å². The molecule has 0 radical (unpaired) electrons. The lowest BCUT2D eigenvalue weighted by Gasteiger charge is -2.29. The van der Waals surface area contributed by atoms with Crippen LogP contribution in [0, 0.1) is 5.82 Å². The summed E-state index contributed by atoms with van der Waals surface area (Å²) in [6.07, 6.45) is 1.70. The normalized spacial score (nSPS) is 14.8. The third-order valence-electron chi connectivity index (χ3n) is 5.27. The molecule has 5 rings (SSSR count). The molecule has 4 heterocycles. The molecule has 1 N–H and O–H groups in total. The second-order valence-corrected chi connectivity index (χ2v) is 7.05. The molecule has 4 aromatic rings. The molecule has 0 aliphatic carbocycles. The van der Waals surface area contributed by atoms with Crippen LogP contribution in [0.15, 0.2) is 45.7 Å². The molecule has 0 atom stereocenters. The Balaban J connectivity index is 1.71. The summed E-state index contributed by atoms with van der Waals surface area (Å²) in [7, 11) is 0. The van der Waals surface area contributed by atoms with Gasteiger partial charge in [-0.15, -0.1) is 0 Å². The fraction of sp³-hybridized carbons (Fsp3) is 0.286. The summed E-state index contributed by atoms with van der Waals surface area (Å²) in [6, 6.07) is 8.62. The van der Waals surface area contributed by atoms with Crippen molar-refractivity contribution < 1.29 is 8.81 Å². The maximum atomic E-state index is 14.9. The number of nitrogens with one attached hydrogen (secondary N) is 1. The Bertz CT molecular complexity index is 1240. The smallest absolute Gasteiger partial charge is 0.232 e. The zero-order valence-corrected chi connectivity index (χ0v) is 16.0. The molecule has 29 heavy (non-hydrogen) atoms. The van der Waals surface area contributed by atoms with Gasteiger partial charge in [-0.3, -0.25) is 4.79 Å². The monoisotopic (exact) mass is 393 g/mol. The predicted molar refractivity (Wildman–Crippen MR) is 110 cm³/mol. The molecule has 0 amide bonds. The molecular weight excluding hydrogens is 373 g/mol. The summed E-state index contributed by atoms with van der Waals surface area (Å²) in [4.78, 5) is 24.1. The fourth-order valence-electron chi connectivity index (χ4n) is 3.76. The van der Waals surface area contributed by atoms with Gasteiger partial charge in [-0.05, 0) is 25.1 Å². The van der Waals surface area contributed by atoms with Crippen molar-refractivity contribution in [2.75, 3.05) is 31.1 Å². The van der Waals surface area contributed by atoms with Crippen LogP contribution in [0.1, 0.15) is 6.92 Å². The van der Waals surface area contributed by atoms with Crippen LogP contribution in [0.3, 0.4) is 0 Å². The van der Waals surface area contributed by atoms with E-state index in [9.17, 15) is 9.18 Å². The zero-order chi connectivity index (χ0) is 20.0. The molecule has 3 aromatic heterocycles. The minimum Gasteiger partial charge on any atom is -0.436 e. The van der Waals surface area contributed by atoms with Gasteiger partial charge in [-0.2, -0.15) is 0 Å². The van der Waals surface area contributed by atoms with E-state index in [1.807, 2.05) is 34.6 Å². The molecule has 1 saturated heterocycles. The number of rotatable bonds is 3. The Kier molecular flexibility index (Phi) is 4.28. The number of hydrogen-bond donors (Lipinski definition) is 1. The number of nitrogens with zero attached hydrogens (tertiary/aromatic N) is 4. The van der Waals surface area contributed by atoms with Crippen molar-refractivity contribution in [3.05, 3.63) is 52.6 Å². The van der Waals surface area contributed by atoms with E-state index in [-0.39, 0.29) is 22.5 Å². The first kappa shape index (κ1) is 17.8. The number of oxazole rings is 1. The number of para-hydroxylation sites is 2. The van der Waals surface area contributed by atoms with Gasteiger partial charge in [0.15, 0.2) is 17.2 Å². The topological polar surface area (TPSA) is 76.2 Å². The number of anilines is 1. The van der Waals surface area contributed by atoms with Gasteiger partial charge in [-0.25, -0.2) is 14.4 Å². The van der Waals surface area contributed by atoms with E-state index in [4.69, 9.17) is 4.42 Å². The van der Waals surface area contributed by atoms with Crippen molar-refractivity contribution in [3.63, 3.8) is 0 Å². The summed E-state index contributed by atoms with van der Waals surface area (Å²) >= 11 is 0. The molecule has 1 fully saturated rings. The Morgan fingerprint density at radius 2 is 2.00 bits per heavy atom. The lowest BCUT2D eigenvalue weighted by molar-refractivity contribution is 0.559. The van der Waals surface area contributed by atoms with E-state index in [1.54, 1.807) is 12.3 Å². The van der Waals surface area contributed by atoms with Crippen molar-refractivity contribution >= 4 is 28.0 Å². The third kappa shape index (κ3) is 2.96. The van der Waals surface area contributed by atoms with E-state index >= 15 is 0 Å². The van der Waals surface area contributed by atoms with Gasteiger partial charge in [0, 0.05) is 38.9 Å². The van der Waals surface area contributed by atoms with Crippen molar-refractivity contribution in [3.8, 4) is 11.5 Å². The third-order valence-corrected chi connectivity index (χ3v) is 5.27. The van der Waals surface area contributed by atoms with Gasteiger partial charge in [0.25, 0.3) is 0 Å². The van der Waals surface area contributed by atoms with Crippen LogP contribution in [0.5, 0.6) is 0 Å². The lowest BCUT2D eigenvalue weighted by Crippen LogP contribution is -2.44.